The van der Waals surface area contributed by atoms with Crippen LogP contribution in [-0.2, 0) is 18.8 Å². The number of aliphatic hydroxyl groups is 1. The van der Waals surface area contributed by atoms with Gasteiger partial charge in [-0.15, -0.1) is 0 Å². The highest BCUT2D eigenvalue weighted by molar-refractivity contribution is 6.66. The average molecular weight is 467 g/mol. The van der Waals surface area contributed by atoms with Crippen molar-refractivity contribution < 1.29 is 23.9 Å². The lowest BCUT2D eigenvalue weighted by atomic mass is 9.72. The molecule has 2 aromatic rings. The van der Waals surface area contributed by atoms with Crippen molar-refractivity contribution in [2.24, 2.45) is 0 Å². The molecule has 0 unspecified atom stereocenters. The average Bonchev–Trinajstić information content (AvgIpc) is 3.63. The molecule has 1 saturated heterocycles. The van der Waals surface area contributed by atoms with Crippen molar-refractivity contribution in [2.45, 2.75) is 83.3 Å². The molecule has 2 aliphatic rings. The van der Waals surface area contributed by atoms with Crippen LogP contribution in [0.3, 0.4) is 0 Å². The summed E-state index contributed by atoms with van der Waals surface area (Å²) in [6.45, 7) is 8.37. The van der Waals surface area contributed by atoms with Gasteiger partial charge in [-0.25, -0.2) is 0 Å². The van der Waals surface area contributed by atoms with E-state index in [1.165, 1.54) is 20.0 Å². The first-order valence-corrected chi connectivity index (χ1v) is 12.2. The second-order valence-corrected chi connectivity index (χ2v) is 9.93. The van der Waals surface area contributed by atoms with Crippen molar-refractivity contribution >= 4 is 35.5 Å². The smallest absolute Gasteiger partial charge is 0.469 e. The third-order valence-electron chi connectivity index (χ3n) is 6.97. The molecule has 6 nitrogen and oxygen atoms in total. The minimum atomic E-state index is -0.440. The maximum absolute atomic E-state index is 11.3. The number of hydrogen-bond donors (Lipinski definition) is 1. The number of para-hydroxylation sites is 1. The number of aromatic nitrogens is 1. The highest BCUT2D eigenvalue weighted by Gasteiger charge is 2.53. The summed E-state index contributed by atoms with van der Waals surface area (Å²) in [5.41, 5.74) is 3.56. The number of aliphatic hydroxyl groups excluding tert-OH is 1. The Labute approximate surface area is 203 Å². The molecule has 2 heterocycles. The molecule has 1 N–H and O–H groups in total. The van der Waals surface area contributed by atoms with E-state index in [2.05, 4.69) is 58.0 Å². The van der Waals surface area contributed by atoms with Crippen LogP contribution in [-0.4, -0.2) is 48.6 Å². The number of carbonyl (C=O) groups excluding carboxylic acids is 1. The molecule has 0 atom stereocenters. The van der Waals surface area contributed by atoms with Crippen LogP contribution < -0.4 is 5.46 Å². The number of pyridine rings is 1. The number of fused-ring (bicyclic) bond motifs is 1. The number of rotatable bonds is 8. The number of ether oxygens (including phenoxy) is 1. The number of hydrogen-bond acceptors (Lipinski definition) is 6. The van der Waals surface area contributed by atoms with Gasteiger partial charge in [0, 0.05) is 30.3 Å². The van der Waals surface area contributed by atoms with Crippen molar-refractivity contribution in [3.05, 3.63) is 41.6 Å². The summed E-state index contributed by atoms with van der Waals surface area (Å²) in [5.74, 6) is 0.353. The van der Waals surface area contributed by atoms with Crippen LogP contribution in [0, 0.1) is 0 Å². The van der Waals surface area contributed by atoms with Crippen molar-refractivity contribution in [1.29, 1.82) is 0 Å². The van der Waals surface area contributed by atoms with Crippen molar-refractivity contribution in [3.63, 3.8) is 0 Å². The molecular weight excluding hydrogens is 429 g/mol. The second kappa shape index (κ2) is 11.0. The number of esters is 1. The minimum Gasteiger partial charge on any atom is -0.469 e. The molecule has 7 heteroatoms. The number of unbranched alkanes of at least 4 members (excludes halogenated alkanes) is 2. The predicted molar refractivity (Wildman–Crippen MR) is 137 cm³/mol. The lowest BCUT2D eigenvalue weighted by Gasteiger charge is -2.32. The fourth-order valence-corrected chi connectivity index (χ4v) is 4.16. The normalized spacial score (nSPS) is 18.7. The van der Waals surface area contributed by atoms with Gasteiger partial charge in [0.15, 0.2) is 0 Å². The topological polar surface area (TPSA) is 77.9 Å². The van der Waals surface area contributed by atoms with Crippen LogP contribution in [0.15, 0.2) is 30.3 Å². The Morgan fingerprint density at radius 2 is 1.79 bits per heavy atom. The number of allylic oxidation sites excluding steroid dienone is 1. The van der Waals surface area contributed by atoms with E-state index >= 15 is 0 Å². The molecule has 4 rings (SSSR count). The minimum absolute atomic E-state index is 0.147. The zero-order chi connectivity index (χ0) is 24.9. The number of nitrogens with zero attached hydrogens (tertiary/aromatic N) is 1. The first kappa shape index (κ1) is 26.4. The molecule has 1 aromatic heterocycles. The van der Waals surface area contributed by atoms with Gasteiger partial charge in [0.05, 0.1) is 29.5 Å². The van der Waals surface area contributed by atoms with Crippen molar-refractivity contribution in [2.75, 3.05) is 14.2 Å². The molecule has 184 valence electrons. The molecule has 0 bridgehead atoms. The van der Waals surface area contributed by atoms with Gasteiger partial charge in [-0.05, 0) is 71.4 Å². The number of methoxy groups -OCH3 is 1. The van der Waals surface area contributed by atoms with Gasteiger partial charge < -0.3 is 19.2 Å². The molecule has 1 aliphatic heterocycles. The van der Waals surface area contributed by atoms with Gasteiger partial charge in [0.2, 0.25) is 0 Å². The van der Waals surface area contributed by atoms with Crippen molar-refractivity contribution in [3.8, 4) is 0 Å². The van der Waals surface area contributed by atoms with Crippen LogP contribution in [0.25, 0.3) is 17.0 Å². The molecule has 1 aliphatic carbocycles. The van der Waals surface area contributed by atoms with Crippen LogP contribution in [0.1, 0.15) is 83.4 Å². The Hall–Kier alpha value is -2.22. The Balaban J connectivity index is 0.00000158. The van der Waals surface area contributed by atoms with Gasteiger partial charge >= 0.3 is 13.1 Å². The zero-order valence-electron chi connectivity index (χ0n) is 21.4. The van der Waals surface area contributed by atoms with Gasteiger partial charge in [0.1, 0.15) is 0 Å². The molecule has 2 fully saturated rings. The summed E-state index contributed by atoms with van der Waals surface area (Å²) in [6, 6.07) is 8.29. The third kappa shape index (κ3) is 5.70. The standard InChI is InChI=1S/C26H34BNO4.CH4O/c1-25(2)26(3,4)32-27(31-25)23-19-12-10-11-14-21(19)28-24(18-16-17-18)20(23)13-8-6-7-9-15-22(29)30-5;1-2/h8,10-14,18H,6-7,9,15-17H2,1-5H3;2H,1H3/b13-8+;. The third-order valence-corrected chi connectivity index (χ3v) is 6.97. The van der Waals surface area contributed by atoms with E-state index in [1.807, 2.05) is 6.07 Å². The fraction of sp³-hybridized carbons (Fsp3) is 0.556. The van der Waals surface area contributed by atoms with E-state index in [0.717, 1.165) is 54.0 Å². The van der Waals surface area contributed by atoms with E-state index < -0.39 is 18.3 Å². The van der Waals surface area contributed by atoms with Crippen LogP contribution >= 0.6 is 0 Å². The van der Waals surface area contributed by atoms with Crippen LogP contribution in [0.2, 0.25) is 0 Å². The fourth-order valence-electron chi connectivity index (χ4n) is 4.16. The van der Waals surface area contributed by atoms with Crippen LogP contribution in [0.4, 0.5) is 0 Å². The SMILES string of the molecule is CO.COC(=O)CCCC/C=C/c1c(C2CC2)nc2ccccc2c1B1OC(C)(C)C(C)(C)O1. The molecule has 1 aromatic carbocycles. The Morgan fingerprint density at radius 3 is 2.41 bits per heavy atom. The Morgan fingerprint density at radius 1 is 1.15 bits per heavy atom. The van der Waals surface area contributed by atoms with Gasteiger partial charge in [-0.3, -0.25) is 9.78 Å². The van der Waals surface area contributed by atoms with E-state index in [-0.39, 0.29) is 5.97 Å². The van der Waals surface area contributed by atoms with E-state index in [0.29, 0.717) is 12.3 Å². The molecule has 0 spiro atoms. The van der Waals surface area contributed by atoms with Crippen LogP contribution in [0.5, 0.6) is 0 Å². The van der Waals surface area contributed by atoms with E-state index in [4.69, 9.17) is 24.1 Å². The monoisotopic (exact) mass is 467 g/mol. The first-order valence-electron chi connectivity index (χ1n) is 12.2. The quantitative estimate of drug-likeness (QED) is 0.343. The zero-order valence-corrected chi connectivity index (χ0v) is 21.4. The maximum atomic E-state index is 11.3. The molecule has 34 heavy (non-hydrogen) atoms. The lowest BCUT2D eigenvalue weighted by molar-refractivity contribution is -0.140. The van der Waals surface area contributed by atoms with E-state index in [9.17, 15) is 4.79 Å². The highest BCUT2D eigenvalue weighted by Crippen LogP contribution is 2.43. The first-order chi connectivity index (χ1) is 16.2. The molecule has 0 radical (unpaired) electrons. The number of benzene rings is 1. The van der Waals surface area contributed by atoms with Gasteiger partial charge in [-0.1, -0.05) is 30.4 Å². The largest absolute Gasteiger partial charge is 0.496 e. The van der Waals surface area contributed by atoms with E-state index in [1.54, 1.807) is 0 Å². The molecule has 1 saturated carbocycles. The second-order valence-electron chi connectivity index (χ2n) is 9.93. The summed E-state index contributed by atoms with van der Waals surface area (Å²) in [7, 11) is 2.00. The van der Waals surface area contributed by atoms with Gasteiger partial charge in [-0.2, -0.15) is 0 Å². The maximum Gasteiger partial charge on any atom is 0.496 e. The summed E-state index contributed by atoms with van der Waals surface area (Å²) >= 11 is 0. The molecule has 0 amide bonds. The lowest BCUT2D eigenvalue weighted by Crippen LogP contribution is -2.41. The Kier molecular flexibility index (Phi) is 8.55. The predicted octanol–water partition coefficient (Wildman–Crippen LogP) is 4.77. The summed E-state index contributed by atoms with van der Waals surface area (Å²) in [5, 5.41) is 8.08. The summed E-state index contributed by atoms with van der Waals surface area (Å²) in [4.78, 5) is 16.4. The van der Waals surface area contributed by atoms with Gasteiger partial charge in [0.25, 0.3) is 0 Å². The summed E-state index contributed by atoms with van der Waals surface area (Å²) < 4.78 is 17.7. The highest BCUT2D eigenvalue weighted by atomic mass is 16.7. The Bertz CT molecular complexity index is 1010. The summed E-state index contributed by atoms with van der Waals surface area (Å²) in [6.07, 6.45) is 9.88. The number of carbonyl (C=O) groups is 1. The molecular formula is C27H38BNO5. The van der Waals surface area contributed by atoms with Crippen molar-refractivity contribution in [1.82, 2.24) is 4.98 Å².